The molecule has 3 aromatic rings. The standard InChI is InChI=1S/C14H8Cl2O/c15-10-5-1-3-8-7-9-4-2-6-11(16)13(9)14(17)12(8)10/h1-7,17H. The number of halogens is 2. The maximum atomic E-state index is 10.3. The lowest BCUT2D eigenvalue weighted by Crippen LogP contribution is -1.81. The fraction of sp³-hybridized carbons (Fsp3) is 0. The summed E-state index contributed by atoms with van der Waals surface area (Å²) in [6.07, 6.45) is 0. The van der Waals surface area contributed by atoms with Gasteiger partial charge in [-0.3, -0.25) is 0 Å². The highest BCUT2D eigenvalue weighted by Crippen LogP contribution is 2.40. The number of hydrogen-bond acceptors (Lipinski definition) is 1. The molecule has 0 radical (unpaired) electrons. The lowest BCUT2D eigenvalue weighted by atomic mass is 10.0. The van der Waals surface area contributed by atoms with Crippen LogP contribution in [0.5, 0.6) is 5.75 Å². The highest BCUT2D eigenvalue weighted by Gasteiger charge is 2.11. The van der Waals surface area contributed by atoms with Crippen molar-refractivity contribution in [2.24, 2.45) is 0 Å². The van der Waals surface area contributed by atoms with Gasteiger partial charge in [-0.25, -0.2) is 0 Å². The van der Waals surface area contributed by atoms with E-state index in [9.17, 15) is 5.11 Å². The van der Waals surface area contributed by atoms with Gasteiger partial charge in [0.15, 0.2) is 0 Å². The third-order valence-electron chi connectivity index (χ3n) is 2.88. The molecule has 84 valence electrons. The van der Waals surface area contributed by atoms with Crippen molar-refractivity contribution in [1.29, 1.82) is 0 Å². The number of fused-ring (bicyclic) bond motifs is 2. The normalized spacial score (nSPS) is 11.2. The Kier molecular flexibility index (Phi) is 2.39. The molecule has 1 N–H and O–H groups in total. The molecule has 3 heteroatoms. The molecule has 0 aliphatic rings. The van der Waals surface area contributed by atoms with Gasteiger partial charge in [-0.15, -0.1) is 0 Å². The average molecular weight is 263 g/mol. The van der Waals surface area contributed by atoms with E-state index >= 15 is 0 Å². The third kappa shape index (κ3) is 1.54. The number of hydrogen-bond donors (Lipinski definition) is 1. The van der Waals surface area contributed by atoms with Gasteiger partial charge in [0.25, 0.3) is 0 Å². The Morgan fingerprint density at radius 3 is 1.71 bits per heavy atom. The second-order valence-corrected chi connectivity index (χ2v) is 4.72. The van der Waals surface area contributed by atoms with Crippen molar-refractivity contribution in [3.8, 4) is 5.75 Å². The average Bonchev–Trinajstić information content (AvgIpc) is 2.28. The minimum absolute atomic E-state index is 0.147. The molecule has 1 nitrogen and oxygen atoms in total. The predicted octanol–water partition coefficient (Wildman–Crippen LogP) is 5.01. The molecule has 0 saturated heterocycles. The van der Waals surface area contributed by atoms with E-state index in [-0.39, 0.29) is 5.75 Å². The van der Waals surface area contributed by atoms with Crippen molar-refractivity contribution >= 4 is 44.7 Å². The van der Waals surface area contributed by atoms with Gasteiger partial charge < -0.3 is 5.11 Å². The van der Waals surface area contributed by atoms with Crippen LogP contribution in [0, 0.1) is 0 Å². The highest BCUT2D eigenvalue weighted by atomic mass is 35.5. The molecule has 0 atom stereocenters. The van der Waals surface area contributed by atoms with Gasteiger partial charge in [-0.05, 0) is 29.0 Å². The molecular formula is C14H8Cl2O. The van der Waals surface area contributed by atoms with Gasteiger partial charge >= 0.3 is 0 Å². The SMILES string of the molecule is Oc1c2c(Cl)cccc2cc2cccc(Cl)c12. The molecule has 0 saturated carbocycles. The molecule has 0 unspecified atom stereocenters. The van der Waals surface area contributed by atoms with E-state index in [1.807, 2.05) is 30.3 Å². The number of benzene rings is 3. The molecule has 3 rings (SSSR count). The first-order chi connectivity index (χ1) is 8.18. The second-order valence-electron chi connectivity index (χ2n) is 3.90. The summed E-state index contributed by atoms with van der Waals surface area (Å²) in [5.74, 6) is 0.147. The van der Waals surface area contributed by atoms with Crippen LogP contribution >= 0.6 is 23.2 Å². The number of rotatable bonds is 0. The minimum Gasteiger partial charge on any atom is -0.507 e. The van der Waals surface area contributed by atoms with Crippen LogP contribution in [-0.4, -0.2) is 5.11 Å². The summed E-state index contributed by atoms with van der Waals surface area (Å²) >= 11 is 12.2. The summed E-state index contributed by atoms with van der Waals surface area (Å²) in [4.78, 5) is 0. The first kappa shape index (κ1) is 10.7. The Morgan fingerprint density at radius 1 is 0.765 bits per heavy atom. The van der Waals surface area contributed by atoms with Crippen LogP contribution in [0.25, 0.3) is 21.5 Å². The molecule has 0 aliphatic carbocycles. The molecule has 3 aromatic carbocycles. The predicted molar refractivity (Wildman–Crippen MR) is 73.1 cm³/mol. The quantitative estimate of drug-likeness (QED) is 0.565. The largest absolute Gasteiger partial charge is 0.507 e. The first-order valence-electron chi connectivity index (χ1n) is 5.17. The second kappa shape index (κ2) is 3.80. The van der Waals surface area contributed by atoms with Crippen molar-refractivity contribution in [2.75, 3.05) is 0 Å². The van der Waals surface area contributed by atoms with E-state index in [1.165, 1.54) is 0 Å². The Bertz CT molecular complexity index is 675. The summed E-state index contributed by atoms with van der Waals surface area (Å²) in [7, 11) is 0. The topological polar surface area (TPSA) is 20.2 Å². The summed E-state index contributed by atoms with van der Waals surface area (Å²) in [5.41, 5.74) is 0. The van der Waals surface area contributed by atoms with Gasteiger partial charge in [0.1, 0.15) is 5.75 Å². The van der Waals surface area contributed by atoms with E-state index in [0.717, 1.165) is 10.8 Å². The summed E-state index contributed by atoms with van der Waals surface area (Å²) < 4.78 is 0. The van der Waals surface area contributed by atoms with Crippen LogP contribution in [0.2, 0.25) is 10.0 Å². The lowest BCUT2D eigenvalue weighted by Gasteiger charge is -2.08. The van der Waals surface area contributed by atoms with E-state index in [2.05, 4.69) is 0 Å². The highest BCUT2D eigenvalue weighted by molar-refractivity contribution is 6.39. The summed E-state index contributed by atoms with van der Waals surface area (Å²) in [6.45, 7) is 0. The third-order valence-corrected chi connectivity index (χ3v) is 3.51. The molecular weight excluding hydrogens is 255 g/mol. The maximum absolute atomic E-state index is 10.3. The van der Waals surface area contributed by atoms with Gasteiger partial charge in [-0.1, -0.05) is 47.5 Å². The van der Waals surface area contributed by atoms with Crippen molar-refractivity contribution < 1.29 is 5.11 Å². The van der Waals surface area contributed by atoms with Crippen molar-refractivity contribution in [1.82, 2.24) is 0 Å². The van der Waals surface area contributed by atoms with Crippen LogP contribution in [0.3, 0.4) is 0 Å². The van der Waals surface area contributed by atoms with Crippen LogP contribution in [0.1, 0.15) is 0 Å². The van der Waals surface area contributed by atoms with Crippen LogP contribution in [0.15, 0.2) is 42.5 Å². The molecule has 0 amide bonds. The maximum Gasteiger partial charge on any atom is 0.134 e. The molecule has 0 fully saturated rings. The number of aromatic hydroxyl groups is 1. The van der Waals surface area contributed by atoms with E-state index in [0.29, 0.717) is 20.8 Å². The van der Waals surface area contributed by atoms with E-state index in [4.69, 9.17) is 23.2 Å². The van der Waals surface area contributed by atoms with Crippen molar-refractivity contribution in [3.05, 3.63) is 52.5 Å². The molecule has 17 heavy (non-hydrogen) atoms. The Morgan fingerprint density at radius 2 is 1.24 bits per heavy atom. The zero-order valence-electron chi connectivity index (χ0n) is 8.74. The molecule has 0 aliphatic heterocycles. The van der Waals surface area contributed by atoms with Crippen LogP contribution < -0.4 is 0 Å². The van der Waals surface area contributed by atoms with Gasteiger partial charge in [-0.2, -0.15) is 0 Å². The molecule has 0 aromatic heterocycles. The molecule has 0 spiro atoms. The van der Waals surface area contributed by atoms with E-state index in [1.54, 1.807) is 12.1 Å². The van der Waals surface area contributed by atoms with Crippen molar-refractivity contribution in [3.63, 3.8) is 0 Å². The fourth-order valence-electron chi connectivity index (χ4n) is 2.11. The van der Waals surface area contributed by atoms with Crippen molar-refractivity contribution in [2.45, 2.75) is 0 Å². The zero-order chi connectivity index (χ0) is 12.0. The van der Waals surface area contributed by atoms with Gasteiger partial charge in [0, 0.05) is 10.8 Å². The lowest BCUT2D eigenvalue weighted by molar-refractivity contribution is 0.488. The monoisotopic (exact) mass is 262 g/mol. The van der Waals surface area contributed by atoms with Gasteiger partial charge in [0.2, 0.25) is 0 Å². The Hall–Kier alpha value is -1.44. The number of phenolic OH excluding ortho intramolecular Hbond substituents is 1. The smallest absolute Gasteiger partial charge is 0.134 e. The van der Waals surface area contributed by atoms with Crippen LogP contribution in [-0.2, 0) is 0 Å². The molecule has 0 bridgehead atoms. The summed E-state index contributed by atoms with van der Waals surface area (Å²) in [6, 6.07) is 13.0. The minimum atomic E-state index is 0.147. The first-order valence-corrected chi connectivity index (χ1v) is 5.92. The fourth-order valence-corrected chi connectivity index (χ4v) is 2.66. The Labute approximate surface area is 108 Å². The number of phenols is 1. The zero-order valence-corrected chi connectivity index (χ0v) is 10.3. The Balaban J connectivity index is 2.64. The van der Waals surface area contributed by atoms with Gasteiger partial charge in [0.05, 0.1) is 10.0 Å². The van der Waals surface area contributed by atoms with E-state index < -0.39 is 0 Å². The molecule has 0 heterocycles. The summed E-state index contributed by atoms with van der Waals surface area (Å²) in [5, 5.41) is 14.5. The van der Waals surface area contributed by atoms with Crippen LogP contribution in [0.4, 0.5) is 0 Å².